The molecule has 0 spiro atoms. The molecule has 1 heterocycles. The van der Waals surface area contributed by atoms with Gasteiger partial charge in [-0.1, -0.05) is 28.9 Å². The van der Waals surface area contributed by atoms with Gasteiger partial charge in [0.2, 0.25) is 0 Å². The van der Waals surface area contributed by atoms with Crippen LogP contribution in [0, 0.1) is 16.0 Å². The third-order valence-corrected chi connectivity index (χ3v) is 4.65. The molecule has 0 aliphatic carbocycles. The Kier molecular flexibility index (Phi) is 4.19. The summed E-state index contributed by atoms with van der Waals surface area (Å²) in [6, 6.07) is 5.89. The lowest BCUT2D eigenvalue weighted by Gasteiger charge is -2.34. The molecule has 1 aromatic rings. The van der Waals surface area contributed by atoms with Gasteiger partial charge in [-0.15, -0.1) is 0 Å². The molecule has 0 radical (unpaired) electrons. The molecule has 1 fully saturated rings. The average Bonchev–Trinajstić information content (AvgIpc) is 2.41. The van der Waals surface area contributed by atoms with Gasteiger partial charge in [-0.2, -0.15) is 0 Å². The Bertz CT molecular complexity index is 506. The molecule has 0 aromatic heterocycles. The molecule has 6 heteroatoms. The average molecular weight is 327 g/mol. The number of piperidine rings is 1. The van der Waals surface area contributed by atoms with Crippen molar-refractivity contribution in [2.45, 2.75) is 18.2 Å². The number of amides is 1. The molecule has 0 saturated carbocycles. The second kappa shape index (κ2) is 5.69. The van der Waals surface area contributed by atoms with Gasteiger partial charge in [-0.25, -0.2) is 0 Å². The van der Waals surface area contributed by atoms with Crippen LogP contribution < -0.4 is 0 Å². The first kappa shape index (κ1) is 14.0. The monoisotopic (exact) mass is 326 g/mol. The van der Waals surface area contributed by atoms with Gasteiger partial charge >= 0.3 is 0 Å². The molecule has 2 rings (SSSR count). The number of alkyl halides is 1. The number of carbonyl (C=O) groups is 1. The lowest BCUT2D eigenvalue weighted by Crippen LogP contribution is -2.43. The normalized spacial score (nSPS) is 23.2. The Morgan fingerprint density at radius 2 is 2.26 bits per heavy atom. The predicted molar refractivity (Wildman–Crippen MR) is 75.5 cm³/mol. The molecule has 5 nitrogen and oxygen atoms in total. The Morgan fingerprint density at radius 1 is 1.53 bits per heavy atom. The summed E-state index contributed by atoms with van der Waals surface area (Å²) in [6.07, 6.45) is 0.941. The maximum atomic E-state index is 12.3. The van der Waals surface area contributed by atoms with E-state index >= 15 is 0 Å². The van der Waals surface area contributed by atoms with Gasteiger partial charge in [-0.3, -0.25) is 14.9 Å². The zero-order chi connectivity index (χ0) is 14.0. The van der Waals surface area contributed by atoms with Crippen LogP contribution in [0.1, 0.15) is 23.7 Å². The Labute approximate surface area is 119 Å². The number of rotatable bonds is 2. The van der Waals surface area contributed by atoms with E-state index in [4.69, 9.17) is 0 Å². The largest absolute Gasteiger partial charge is 0.338 e. The van der Waals surface area contributed by atoms with E-state index in [-0.39, 0.29) is 16.4 Å². The van der Waals surface area contributed by atoms with Crippen molar-refractivity contribution in [3.8, 4) is 0 Å². The topological polar surface area (TPSA) is 63.5 Å². The first-order valence-corrected chi connectivity index (χ1v) is 7.08. The molecule has 0 bridgehead atoms. The second-order valence-corrected chi connectivity index (χ2v) is 6.02. The van der Waals surface area contributed by atoms with Crippen LogP contribution in [-0.4, -0.2) is 33.6 Å². The highest BCUT2D eigenvalue weighted by Gasteiger charge is 2.28. The van der Waals surface area contributed by atoms with E-state index in [2.05, 4.69) is 22.9 Å². The fourth-order valence-electron chi connectivity index (χ4n) is 2.14. The zero-order valence-electron chi connectivity index (χ0n) is 10.6. The number of nitro benzene ring substituents is 1. The van der Waals surface area contributed by atoms with E-state index in [1.165, 1.54) is 12.1 Å². The number of benzene rings is 1. The maximum Gasteiger partial charge on any atom is 0.270 e. The summed E-state index contributed by atoms with van der Waals surface area (Å²) < 4.78 is 0. The highest BCUT2D eigenvalue weighted by Crippen LogP contribution is 2.25. The molecule has 1 aliphatic rings. The summed E-state index contributed by atoms with van der Waals surface area (Å²) in [7, 11) is 0. The van der Waals surface area contributed by atoms with E-state index in [0.717, 1.165) is 6.42 Å². The first-order valence-electron chi connectivity index (χ1n) is 6.17. The fraction of sp³-hybridized carbons (Fsp3) is 0.462. The molecule has 102 valence electrons. The second-order valence-electron chi connectivity index (χ2n) is 4.84. The van der Waals surface area contributed by atoms with E-state index < -0.39 is 4.92 Å². The standard InChI is InChI=1S/C13H15BrN2O3/c1-9-5-6-15(8-12(9)14)13(17)10-3-2-4-11(7-10)16(18)19/h2-4,7,9,12H,5-6,8H2,1H3. The van der Waals surface area contributed by atoms with Gasteiger partial charge in [0.05, 0.1) is 4.92 Å². The van der Waals surface area contributed by atoms with Crippen LogP contribution >= 0.6 is 15.9 Å². The molecule has 2 atom stereocenters. The number of hydrogen-bond donors (Lipinski definition) is 0. The van der Waals surface area contributed by atoms with Crippen molar-refractivity contribution in [3.63, 3.8) is 0 Å². The minimum absolute atomic E-state index is 0.0494. The zero-order valence-corrected chi connectivity index (χ0v) is 12.2. The highest BCUT2D eigenvalue weighted by atomic mass is 79.9. The summed E-state index contributed by atoms with van der Waals surface area (Å²) >= 11 is 3.57. The van der Waals surface area contributed by atoms with Crippen molar-refractivity contribution in [3.05, 3.63) is 39.9 Å². The van der Waals surface area contributed by atoms with Crippen LogP contribution in [0.4, 0.5) is 5.69 Å². The van der Waals surface area contributed by atoms with Gasteiger partial charge in [0.25, 0.3) is 11.6 Å². The van der Waals surface area contributed by atoms with Crippen LogP contribution in [0.5, 0.6) is 0 Å². The van der Waals surface area contributed by atoms with E-state index in [1.54, 1.807) is 17.0 Å². The maximum absolute atomic E-state index is 12.3. The summed E-state index contributed by atoms with van der Waals surface area (Å²) in [4.78, 5) is 24.6. The van der Waals surface area contributed by atoms with Gasteiger partial charge < -0.3 is 4.90 Å². The van der Waals surface area contributed by atoms with E-state index in [1.807, 2.05) is 0 Å². The molecule has 2 unspecified atom stereocenters. The van der Waals surface area contributed by atoms with E-state index in [0.29, 0.717) is 24.6 Å². The van der Waals surface area contributed by atoms with Crippen molar-refractivity contribution in [1.82, 2.24) is 4.90 Å². The SMILES string of the molecule is CC1CCN(C(=O)c2cccc([N+](=O)[O-])c2)CC1Br. The van der Waals surface area contributed by atoms with Crippen molar-refractivity contribution >= 4 is 27.5 Å². The van der Waals surface area contributed by atoms with Gasteiger partial charge in [0, 0.05) is 35.6 Å². The molecule has 1 amide bonds. The lowest BCUT2D eigenvalue weighted by atomic mass is 9.98. The van der Waals surface area contributed by atoms with Crippen molar-refractivity contribution in [2.75, 3.05) is 13.1 Å². The molecule has 1 aromatic carbocycles. The smallest absolute Gasteiger partial charge is 0.270 e. The van der Waals surface area contributed by atoms with Crippen LogP contribution in [0.3, 0.4) is 0 Å². The fourth-order valence-corrected chi connectivity index (χ4v) is 2.76. The minimum atomic E-state index is -0.484. The Hall–Kier alpha value is -1.43. The number of hydrogen-bond acceptors (Lipinski definition) is 3. The molecular weight excluding hydrogens is 312 g/mol. The lowest BCUT2D eigenvalue weighted by molar-refractivity contribution is -0.384. The third kappa shape index (κ3) is 3.12. The van der Waals surface area contributed by atoms with Gasteiger partial charge in [-0.05, 0) is 18.4 Å². The van der Waals surface area contributed by atoms with Crippen LogP contribution in [-0.2, 0) is 0 Å². The quantitative estimate of drug-likeness (QED) is 0.477. The number of carbonyl (C=O) groups excluding carboxylic acids is 1. The Balaban J connectivity index is 2.16. The van der Waals surface area contributed by atoms with Crippen LogP contribution in [0.25, 0.3) is 0 Å². The summed E-state index contributed by atoms with van der Waals surface area (Å²) in [5, 5.41) is 10.7. The summed E-state index contributed by atoms with van der Waals surface area (Å²) in [5.41, 5.74) is 0.329. The van der Waals surface area contributed by atoms with Crippen molar-refractivity contribution in [2.24, 2.45) is 5.92 Å². The first-order chi connectivity index (χ1) is 8.99. The third-order valence-electron chi connectivity index (χ3n) is 3.46. The molecule has 1 saturated heterocycles. The van der Waals surface area contributed by atoms with Crippen LogP contribution in [0.2, 0.25) is 0 Å². The Morgan fingerprint density at radius 3 is 2.89 bits per heavy atom. The van der Waals surface area contributed by atoms with Gasteiger partial charge in [0.15, 0.2) is 0 Å². The molecule has 1 aliphatic heterocycles. The van der Waals surface area contributed by atoms with Crippen LogP contribution in [0.15, 0.2) is 24.3 Å². The number of halogens is 1. The number of non-ortho nitro benzene ring substituents is 1. The van der Waals surface area contributed by atoms with Crippen molar-refractivity contribution in [1.29, 1.82) is 0 Å². The number of likely N-dealkylation sites (tertiary alicyclic amines) is 1. The highest BCUT2D eigenvalue weighted by molar-refractivity contribution is 9.09. The predicted octanol–water partition coefficient (Wildman–Crippen LogP) is 2.84. The minimum Gasteiger partial charge on any atom is -0.338 e. The number of nitrogens with zero attached hydrogens (tertiary/aromatic N) is 2. The molecule has 0 N–H and O–H groups in total. The summed E-state index contributed by atoms with van der Waals surface area (Å²) in [5.74, 6) is 0.397. The van der Waals surface area contributed by atoms with Crippen molar-refractivity contribution < 1.29 is 9.72 Å². The number of nitro groups is 1. The van der Waals surface area contributed by atoms with E-state index in [9.17, 15) is 14.9 Å². The molecular formula is C13H15BrN2O3. The summed E-state index contributed by atoms with van der Waals surface area (Å²) in [6.45, 7) is 3.49. The molecule has 19 heavy (non-hydrogen) atoms. The van der Waals surface area contributed by atoms with Gasteiger partial charge in [0.1, 0.15) is 0 Å².